The molecule has 1 aliphatic rings. The van der Waals surface area contributed by atoms with Crippen molar-refractivity contribution >= 4 is 11.8 Å². The van der Waals surface area contributed by atoms with Crippen LogP contribution in [0, 0.1) is 11.7 Å². The highest BCUT2D eigenvalue weighted by atomic mass is 19.1. The Bertz CT molecular complexity index is 804. The number of piperidine rings is 1. The molecule has 2 heterocycles. The molecule has 28 heavy (non-hydrogen) atoms. The molecule has 0 radical (unpaired) electrons. The Morgan fingerprint density at radius 2 is 1.86 bits per heavy atom. The number of likely N-dealkylation sites (tertiary alicyclic amines) is 1. The van der Waals surface area contributed by atoms with E-state index in [9.17, 15) is 14.0 Å². The second-order valence-electron chi connectivity index (χ2n) is 7.33. The molecule has 1 saturated heterocycles. The van der Waals surface area contributed by atoms with Gasteiger partial charge in [0, 0.05) is 45.0 Å². The summed E-state index contributed by atoms with van der Waals surface area (Å²) in [5, 5.41) is 0. The lowest BCUT2D eigenvalue weighted by atomic mass is 9.94. The molecule has 0 aliphatic carbocycles. The Morgan fingerprint density at radius 1 is 1.14 bits per heavy atom. The van der Waals surface area contributed by atoms with E-state index in [1.54, 1.807) is 34.3 Å². The first kappa shape index (κ1) is 20.0. The molecule has 1 aliphatic heterocycles. The van der Waals surface area contributed by atoms with Crippen molar-refractivity contribution in [1.82, 2.24) is 14.8 Å². The molecule has 0 spiro atoms. The van der Waals surface area contributed by atoms with Crippen LogP contribution in [-0.2, 0) is 22.4 Å². The third-order valence-corrected chi connectivity index (χ3v) is 5.30. The molecule has 3 rings (SSSR count). The molecular formula is C22H26FN3O2. The van der Waals surface area contributed by atoms with Crippen LogP contribution in [0.2, 0.25) is 0 Å². The summed E-state index contributed by atoms with van der Waals surface area (Å²) >= 11 is 0. The zero-order chi connectivity index (χ0) is 19.9. The maximum atomic E-state index is 13.3. The summed E-state index contributed by atoms with van der Waals surface area (Å²) in [5.41, 5.74) is 1.84. The Morgan fingerprint density at radius 3 is 2.54 bits per heavy atom. The number of likely N-dealkylation sites (N-methyl/N-ethyl adjacent to an activating group) is 1. The van der Waals surface area contributed by atoms with Gasteiger partial charge in [0.1, 0.15) is 5.82 Å². The molecule has 148 valence electrons. The van der Waals surface area contributed by atoms with Crippen LogP contribution in [0.5, 0.6) is 0 Å². The zero-order valence-corrected chi connectivity index (χ0v) is 16.2. The van der Waals surface area contributed by atoms with Crippen molar-refractivity contribution in [3.05, 3.63) is 65.7 Å². The van der Waals surface area contributed by atoms with Crippen molar-refractivity contribution in [3.63, 3.8) is 0 Å². The topological polar surface area (TPSA) is 53.5 Å². The third-order valence-electron chi connectivity index (χ3n) is 5.30. The van der Waals surface area contributed by atoms with Crippen LogP contribution < -0.4 is 0 Å². The minimum absolute atomic E-state index is 0.0115. The summed E-state index contributed by atoms with van der Waals surface area (Å²) in [7, 11) is 1.84. The number of pyridine rings is 1. The fourth-order valence-electron chi connectivity index (χ4n) is 3.58. The van der Waals surface area contributed by atoms with Gasteiger partial charge in [0.2, 0.25) is 11.8 Å². The second-order valence-corrected chi connectivity index (χ2v) is 7.33. The Kier molecular flexibility index (Phi) is 6.74. The van der Waals surface area contributed by atoms with Crippen molar-refractivity contribution < 1.29 is 14.0 Å². The summed E-state index contributed by atoms with van der Waals surface area (Å²) < 4.78 is 13.3. The van der Waals surface area contributed by atoms with Crippen molar-refractivity contribution in [2.45, 2.75) is 25.7 Å². The number of carbonyl (C=O) groups is 2. The number of rotatable bonds is 6. The molecule has 2 aromatic rings. The average Bonchev–Trinajstić information content (AvgIpc) is 2.72. The molecule has 0 unspecified atom stereocenters. The molecule has 0 atom stereocenters. The highest BCUT2D eigenvalue weighted by Gasteiger charge is 2.29. The van der Waals surface area contributed by atoms with Gasteiger partial charge in [-0.2, -0.15) is 0 Å². The molecule has 0 bridgehead atoms. The number of carbonyl (C=O) groups excluding carboxylic acids is 2. The van der Waals surface area contributed by atoms with Crippen LogP contribution in [0.4, 0.5) is 4.39 Å². The monoisotopic (exact) mass is 383 g/mol. The van der Waals surface area contributed by atoms with Gasteiger partial charge in [-0.05, 0) is 54.7 Å². The fourth-order valence-corrected chi connectivity index (χ4v) is 3.58. The van der Waals surface area contributed by atoms with E-state index in [2.05, 4.69) is 4.98 Å². The Balaban J connectivity index is 1.44. The van der Waals surface area contributed by atoms with Crippen molar-refractivity contribution in [2.24, 2.45) is 5.92 Å². The van der Waals surface area contributed by atoms with Gasteiger partial charge in [0.25, 0.3) is 0 Å². The van der Waals surface area contributed by atoms with Gasteiger partial charge >= 0.3 is 0 Å². The lowest BCUT2D eigenvalue weighted by Crippen LogP contribution is -2.44. The summed E-state index contributed by atoms with van der Waals surface area (Å²) in [4.78, 5) is 32.7. The molecule has 6 heteroatoms. The summed E-state index contributed by atoms with van der Waals surface area (Å²) in [6.07, 6.45) is 5.86. The maximum absolute atomic E-state index is 13.3. The van der Waals surface area contributed by atoms with E-state index in [-0.39, 0.29) is 30.0 Å². The summed E-state index contributed by atoms with van der Waals surface area (Å²) in [5.74, 6) is -0.237. The number of hydrogen-bond acceptors (Lipinski definition) is 3. The first-order valence-corrected chi connectivity index (χ1v) is 9.69. The molecule has 0 N–H and O–H groups in total. The third kappa shape index (κ3) is 5.38. The van der Waals surface area contributed by atoms with Gasteiger partial charge in [-0.15, -0.1) is 0 Å². The fraction of sp³-hybridized carbons (Fsp3) is 0.409. The van der Waals surface area contributed by atoms with Gasteiger partial charge in [-0.3, -0.25) is 14.6 Å². The number of nitrogens with zero attached hydrogens (tertiary/aromatic N) is 3. The molecule has 1 aromatic carbocycles. The van der Waals surface area contributed by atoms with Gasteiger partial charge in [-0.25, -0.2) is 4.39 Å². The van der Waals surface area contributed by atoms with Crippen LogP contribution in [0.15, 0.2) is 48.8 Å². The van der Waals surface area contributed by atoms with E-state index in [4.69, 9.17) is 0 Å². The van der Waals surface area contributed by atoms with Crippen LogP contribution >= 0.6 is 0 Å². The minimum Gasteiger partial charge on any atom is -0.345 e. The van der Waals surface area contributed by atoms with Crippen molar-refractivity contribution in [3.8, 4) is 0 Å². The largest absolute Gasteiger partial charge is 0.345 e. The number of amides is 2. The highest BCUT2D eigenvalue weighted by Crippen LogP contribution is 2.20. The van der Waals surface area contributed by atoms with Crippen LogP contribution in [0.1, 0.15) is 24.0 Å². The predicted molar refractivity (Wildman–Crippen MR) is 105 cm³/mol. The van der Waals surface area contributed by atoms with Gasteiger partial charge in [-0.1, -0.05) is 12.1 Å². The van der Waals surface area contributed by atoms with Crippen LogP contribution in [0.25, 0.3) is 0 Å². The molecular weight excluding hydrogens is 357 g/mol. The molecule has 0 saturated carbocycles. The zero-order valence-electron chi connectivity index (χ0n) is 16.2. The number of hydrogen-bond donors (Lipinski definition) is 0. The number of aromatic nitrogens is 1. The molecule has 2 amide bonds. The standard InChI is InChI=1S/C22H26FN3O2/c1-25(12-7-17-5-10-24-11-6-17)22(28)19-8-13-26(14-9-19)21(27)16-18-3-2-4-20(23)15-18/h2-6,10-11,15,19H,7-9,12-14,16H2,1H3. The van der Waals surface area contributed by atoms with Crippen molar-refractivity contribution in [2.75, 3.05) is 26.7 Å². The van der Waals surface area contributed by atoms with Gasteiger partial charge < -0.3 is 9.80 Å². The maximum Gasteiger partial charge on any atom is 0.226 e. The van der Waals surface area contributed by atoms with E-state index < -0.39 is 0 Å². The second kappa shape index (κ2) is 9.44. The lowest BCUT2D eigenvalue weighted by molar-refractivity contribution is -0.139. The average molecular weight is 383 g/mol. The van der Waals surface area contributed by atoms with Gasteiger partial charge in [0.05, 0.1) is 6.42 Å². The normalized spacial score (nSPS) is 14.7. The first-order valence-electron chi connectivity index (χ1n) is 9.69. The SMILES string of the molecule is CN(CCc1ccncc1)C(=O)C1CCN(C(=O)Cc2cccc(F)c2)CC1. The van der Waals surface area contributed by atoms with Gasteiger partial charge in [0.15, 0.2) is 0 Å². The lowest BCUT2D eigenvalue weighted by Gasteiger charge is -2.33. The minimum atomic E-state index is -0.329. The van der Waals surface area contributed by atoms with Crippen LogP contribution in [-0.4, -0.2) is 53.3 Å². The molecule has 1 aromatic heterocycles. The van der Waals surface area contributed by atoms with E-state index >= 15 is 0 Å². The number of benzene rings is 1. The Hall–Kier alpha value is -2.76. The number of halogens is 1. The molecule has 5 nitrogen and oxygen atoms in total. The summed E-state index contributed by atoms with van der Waals surface area (Å²) in [6.45, 7) is 1.81. The highest BCUT2D eigenvalue weighted by molar-refractivity contribution is 5.81. The van der Waals surface area contributed by atoms with Crippen LogP contribution in [0.3, 0.4) is 0 Å². The van der Waals surface area contributed by atoms with E-state index in [0.717, 1.165) is 12.0 Å². The van der Waals surface area contributed by atoms with Crippen molar-refractivity contribution in [1.29, 1.82) is 0 Å². The predicted octanol–water partition coefficient (Wildman–Crippen LogP) is 2.70. The molecule has 1 fully saturated rings. The first-order chi connectivity index (χ1) is 13.5. The Labute approximate surface area is 165 Å². The van der Waals surface area contributed by atoms with E-state index in [1.807, 2.05) is 19.2 Å². The summed E-state index contributed by atoms with van der Waals surface area (Å²) in [6, 6.07) is 10.1. The smallest absolute Gasteiger partial charge is 0.226 e. The quantitative estimate of drug-likeness (QED) is 0.771. The van der Waals surface area contributed by atoms with E-state index in [1.165, 1.54) is 12.1 Å². The van der Waals surface area contributed by atoms with E-state index in [0.29, 0.717) is 38.0 Å².